The highest BCUT2D eigenvalue weighted by Crippen LogP contribution is 2.63. The van der Waals surface area contributed by atoms with Gasteiger partial charge in [-0.05, 0) is 92.1 Å². The van der Waals surface area contributed by atoms with Crippen LogP contribution in [0.25, 0.3) is 0 Å². The van der Waals surface area contributed by atoms with Crippen LogP contribution in [-0.2, 0) is 14.3 Å². The number of aliphatic hydroxyl groups is 3. The van der Waals surface area contributed by atoms with Gasteiger partial charge in [0.05, 0.1) is 6.10 Å². The number of hydrogen-bond donors (Lipinski definition) is 3. The maximum absolute atomic E-state index is 12.2. The van der Waals surface area contributed by atoms with Crippen molar-refractivity contribution in [3.8, 4) is 0 Å². The van der Waals surface area contributed by atoms with Gasteiger partial charge in [0.25, 0.3) is 0 Å². The summed E-state index contributed by atoms with van der Waals surface area (Å²) < 4.78 is 11.5. The number of fused-ring (bicyclic) bond motifs is 1. The molecule has 1 spiro atoms. The van der Waals surface area contributed by atoms with E-state index in [-0.39, 0.29) is 29.5 Å². The largest absolute Gasteiger partial charge is 0.458 e. The van der Waals surface area contributed by atoms with E-state index in [1.54, 1.807) is 0 Å². The Labute approximate surface area is 227 Å². The summed E-state index contributed by atoms with van der Waals surface area (Å²) in [7, 11) is 0. The van der Waals surface area contributed by atoms with Gasteiger partial charge in [0.15, 0.2) is 0 Å². The minimum absolute atomic E-state index is 0.00454. The summed E-state index contributed by atoms with van der Waals surface area (Å²) in [6.07, 6.45) is 11.5. The highest BCUT2D eigenvalue weighted by Gasteiger charge is 2.61. The van der Waals surface area contributed by atoms with E-state index in [4.69, 9.17) is 14.6 Å². The van der Waals surface area contributed by atoms with Crippen molar-refractivity contribution in [2.24, 2.45) is 28.6 Å². The van der Waals surface area contributed by atoms with E-state index in [1.165, 1.54) is 24.8 Å². The smallest absolute Gasteiger partial charge is 0.334 e. The summed E-state index contributed by atoms with van der Waals surface area (Å²) >= 11 is 0. The molecule has 1 aliphatic heterocycles. The molecular formula is C32H46O6. The van der Waals surface area contributed by atoms with Gasteiger partial charge in [-0.25, -0.2) is 4.79 Å². The summed E-state index contributed by atoms with van der Waals surface area (Å²) in [5.41, 5.74) is 3.82. The Balaban J connectivity index is 1.27. The van der Waals surface area contributed by atoms with Crippen LogP contribution in [0.1, 0.15) is 78.1 Å². The van der Waals surface area contributed by atoms with Crippen LogP contribution in [-0.4, -0.2) is 58.9 Å². The van der Waals surface area contributed by atoms with E-state index in [1.807, 2.05) is 0 Å². The topological polar surface area (TPSA) is 96.2 Å². The third kappa shape index (κ3) is 4.76. The number of aliphatic hydroxyl groups excluding tert-OH is 3. The molecule has 0 aromatic heterocycles. The van der Waals surface area contributed by atoms with Crippen LogP contribution < -0.4 is 0 Å². The molecular weight excluding hydrogens is 480 g/mol. The molecule has 6 heteroatoms. The lowest BCUT2D eigenvalue weighted by molar-refractivity contribution is -0.140. The SMILES string of the molecule is C=C1/C(=C\C=C2/CCC[C@]3(C)[C@@H]([C@H](C)C[C@H]4OC(=O)C(=C)C45CC5)CC[C@@H]23)C[C@@H](O)[C@H](OCCCO)[C@@H]1O. The molecule has 0 amide bonds. The van der Waals surface area contributed by atoms with Crippen molar-refractivity contribution < 1.29 is 29.6 Å². The Hall–Kier alpha value is -1.73. The Morgan fingerprint density at radius 2 is 1.95 bits per heavy atom. The number of rotatable bonds is 8. The lowest BCUT2D eigenvalue weighted by Gasteiger charge is -2.45. The number of carbonyl (C=O) groups is 1. The summed E-state index contributed by atoms with van der Waals surface area (Å²) in [4.78, 5) is 12.2. The Morgan fingerprint density at radius 3 is 2.66 bits per heavy atom. The second-order valence-corrected chi connectivity index (χ2v) is 12.9. The minimum atomic E-state index is -0.953. The lowest BCUT2D eigenvalue weighted by atomic mass is 9.60. The zero-order valence-corrected chi connectivity index (χ0v) is 23.2. The Bertz CT molecular complexity index is 1020. The van der Waals surface area contributed by atoms with Crippen LogP contribution in [0.15, 0.2) is 47.6 Å². The second-order valence-electron chi connectivity index (χ2n) is 12.9. The van der Waals surface area contributed by atoms with Crippen molar-refractivity contribution in [1.82, 2.24) is 0 Å². The molecule has 0 bridgehead atoms. The Kier molecular flexibility index (Phi) is 7.82. The van der Waals surface area contributed by atoms with Gasteiger partial charge in [-0.15, -0.1) is 0 Å². The zero-order chi connectivity index (χ0) is 27.2. The zero-order valence-electron chi connectivity index (χ0n) is 23.2. The molecule has 5 fully saturated rings. The molecule has 6 nitrogen and oxygen atoms in total. The van der Waals surface area contributed by atoms with Crippen molar-refractivity contribution in [3.63, 3.8) is 0 Å². The number of allylic oxidation sites excluding steroid dienone is 3. The molecule has 5 rings (SSSR count). The molecule has 4 aliphatic carbocycles. The third-order valence-corrected chi connectivity index (χ3v) is 10.8. The summed E-state index contributed by atoms with van der Waals surface area (Å²) in [5, 5.41) is 30.4. The average Bonchev–Trinajstić information content (AvgIpc) is 3.56. The first-order chi connectivity index (χ1) is 18.1. The molecule has 1 saturated heterocycles. The van der Waals surface area contributed by atoms with Gasteiger partial charge in [0, 0.05) is 30.6 Å². The van der Waals surface area contributed by atoms with Crippen LogP contribution in [0, 0.1) is 28.6 Å². The number of hydrogen-bond acceptors (Lipinski definition) is 6. The van der Waals surface area contributed by atoms with E-state index < -0.39 is 18.3 Å². The first kappa shape index (κ1) is 27.8. The summed E-state index contributed by atoms with van der Waals surface area (Å²) in [5.74, 6) is 1.42. The van der Waals surface area contributed by atoms with Gasteiger partial charge in [-0.3, -0.25) is 0 Å². The van der Waals surface area contributed by atoms with Gasteiger partial charge in [-0.1, -0.05) is 44.7 Å². The molecule has 4 saturated carbocycles. The monoisotopic (exact) mass is 526 g/mol. The maximum atomic E-state index is 12.2. The minimum Gasteiger partial charge on any atom is -0.458 e. The van der Waals surface area contributed by atoms with Crippen molar-refractivity contribution in [2.75, 3.05) is 13.2 Å². The van der Waals surface area contributed by atoms with Crippen molar-refractivity contribution in [2.45, 2.75) is 102 Å². The standard InChI is InChI=1S/C32H46O6/c1-19(17-27-32(13-14-32)21(3)30(36)38-27)24-10-11-25-22(7-5-12-31(24,25)4)8-9-23-18-26(34)29(28(35)20(23)2)37-16-6-15-33/h8-9,19,24-29,33-35H,2-3,5-7,10-18H2,1,4H3/b22-8+,23-9-/t19-,24-,25+,26-,27-,28-,29+,31-/m1/s1. The molecule has 38 heavy (non-hydrogen) atoms. The predicted molar refractivity (Wildman–Crippen MR) is 146 cm³/mol. The van der Waals surface area contributed by atoms with E-state index in [0.29, 0.717) is 48.3 Å². The van der Waals surface area contributed by atoms with Gasteiger partial charge in [-0.2, -0.15) is 0 Å². The molecule has 210 valence electrons. The molecule has 0 unspecified atom stereocenters. The van der Waals surface area contributed by atoms with Crippen LogP contribution in [0.3, 0.4) is 0 Å². The summed E-state index contributed by atoms with van der Waals surface area (Å²) in [6.45, 7) is 13.3. The van der Waals surface area contributed by atoms with E-state index in [9.17, 15) is 15.0 Å². The number of cyclic esters (lactones) is 1. The van der Waals surface area contributed by atoms with Crippen molar-refractivity contribution >= 4 is 5.97 Å². The van der Waals surface area contributed by atoms with Crippen molar-refractivity contribution in [1.29, 1.82) is 0 Å². The molecule has 0 aromatic carbocycles. The number of carbonyl (C=O) groups excluding carboxylic acids is 1. The fraction of sp³-hybridized carbons (Fsp3) is 0.719. The maximum Gasteiger partial charge on any atom is 0.334 e. The quantitative estimate of drug-likeness (QED) is 0.239. The number of ether oxygens (including phenoxy) is 2. The average molecular weight is 527 g/mol. The van der Waals surface area contributed by atoms with E-state index >= 15 is 0 Å². The van der Waals surface area contributed by atoms with Crippen LogP contribution in [0.4, 0.5) is 0 Å². The predicted octanol–water partition coefficient (Wildman–Crippen LogP) is 4.79. The van der Waals surface area contributed by atoms with Crippen LogP contribution in [0.5, 0.6) is 0 Å². The molecule has 0 radical (unpaired) electrons. The lowest BCUT2D eigenvalue weighted by Crippen LogP contribution is -2.45. The van der Waals surface area contributed by atoms with Crippen molar-refractivity contribution in [3.05, 3.63) is 47.6 Å². The van der Waals surface area contributed by atoms with Gasteiger partial charge in [0.2, 0.25) is 0 Å². The van der Waals surface area contributed by atoms with E-state index in [0.717, 1.165) is 37.7 Å². The van der Waals surface area contributed by atoms with Crippen LogP contribution in [0.2, 0.25) is 0 Å². The highest BCUT2D eigenvalue weighted by atomic mass is 16.6. The normalized spacial score (nSPS) is 41.1. The van der Waals surface area contributed by atoms with Gasteiger partial charge >= 0.3 is 5.97 Å². The highest BCUT2D eigenvalue weighted by molar-refractivity contribution is 5.93. The first-order valence-corrected chi connectivity index (χ1v) is 14.7. The first-order valence-electron chi connectivity index (χ1n) is 14.7. The molecule has 3 N–H and O–H groups in total. The van der Waals surface area contributed by atoms with Gasteiger partial charge < -0.3 is 24.8 Å². The molecule has 0 aromatic rings. The third-order valence-electron chi connectivity index (χ3n) is 10.8. The number of esters is 1. The fourth-order valence-electron chi connectivity index (χ4n) is 8.40. The van der Waals surface area contributed by atoms with E-state index in [2.05, 4.69) is 39.2 Å². The molecule has 1 heterocycles. The van der Waals surface area contributed by atoms with Gasteiger partial charge in [0.1, 0.15) is 18.3 Å². The Morgan fingerprint density at radius 1 is 1.18 bits per heavy atom. The van der Waals surface area contributed by atoms with Crippen LogP contribution >= 0.6 is 0 Å². The molecule has 5 aliphatic rings. The summed E-state index contributed by atoms with van der Waals surface area (Å²) in [6, 6.07) is 0. The fourth-order valence-corrected chi connectivity index (χ4v) is 8.40. The molecule has 8 atom stereocenters. The second kappa shape index (κ2) is 10.7.